The summed E-state index contributed by atoms with van der Waals surface area (Å²) < 4.78 is 13.1. The quantitative estimate of drug-likeness (QED) is 0.675. The van der Waals surface area contributed by atoms with Gasteiger partial charge in [0.05, 0.1) is 5.52 Å². The number of aryl methyl sites for hydroxylation is 1. The van der Waals surface area contributed by atoms with E-state index in [0.29, 0.717) is 11.1 Å². The molecule has 0 unspecified atom stereocenters. The van der Waals surface area contributed by atoms with Crippen LogP contribution in [-0.2, 0) is 6.42 Å². The first kappa shape index (κ1) is 13.4. The van der Waals surface area contributed by atoms with E-state index in [4.69, 9.17) is 0 Å². The topological polar surface area (TPSA) is 30.0 Å². The zero-order chi connectivity index (χ0) is 14.8. The lowest BCUT2D eigenvalue weighted by Crippen LogP contribution is -2.06. The summed E-state index contributed by atoms with van der Waals surface area (Å²) in [4.78, 5) is 16.8. The zero-order valence-corrected chi connectivity index (χ0v) is 11.6. The van der Waals surface area contributed by atoms with Gasteiger partial charge in [0.25, 0.3) is 0 Å². The Kier molecular flexibility index (Phi) is 3.48. The first-order valence-corrected chi connectivity index (χ1v) is 6.77. The number of benzene rings is 2. The van der Waals surface area contributed by atoms with E-state index >= 15 is 0 Å². The van der Waals surface area contributed by atoms with Gasteiger partial charge in [-0.25, -0.2) is 4.39 Å². The molecule has 2 nitrogen and oxygen atoms in total. The molecule has 104 valence electrons. The molecule has 0 amide bonds. The molecule has 0 N–H and O–H groups in total. The van der Waals surface area contributed by atoms with Crippen molar-refractivity contribution in [3.05, 3.63) is 77.2 Å². The van der Waals surface area contributed by atoms with Gasteiger partial charge in [-0.1, -0.05) is 24.3 Å². The number of rotatable bonds is 3. The Morgan fingerprint density at radius 2 is 1.95 bits per heavy atom. The molecule has 3 rings (SSSR count). The highest BCUT2D eigenvalue weighted by atomic mass is 19.1. The van der Waals surface area contributed by atoms with E-state index in [2.05, 4.69) is 4.98 Å². The molecule has 0 bridgehead atoms. The van der Waals surface area contributed by atoms with Gasteiger partial charge in [-0.2, -0.15) is 0 Å². The number of fused-ring (bicyclic) bond motifs is 1. The zero-order valence-electron chi connectivity index (χ0n) is 11.6. The van der Waals surface area contributed by atoms with Crippen LogP contribution < -0.4 is 0 Å². The molecule has 0 radical (unpaired) electrons. The molecule has 0 aliphatic carbocycles. The van der Waals surface area contributed by atoms with E-state index in [0.717, 1.165) is 16.5 Å². The van der Waals surface area contributed by atoms with Crippen LogP contribution in [0.1, 0.15) is 21.5 Å². The second-order valence-corrected chi connectivity index (χ2v) is 5.05. The van der Waals surface area contributed by atoms with Crippen molar-refractivity contribution in [3.63, 3.8) is 0 Å². The van der Waals surface area contributed by atoms with Crippen molar-refractivity contribution < 1.29 is 9.18 Å². The number of aromatic nitrogens is 1. The number of ketones is 1. The molecule has 0 aliphatic rings. The van der Waals surface area contributed by atoms with Crippen molar-refractivity contribution in [2.45, 2.75) is 13.3 Å². The molecule has 1 heterocycles. The number of carbonyl (C=O) groups excluding carboxylic acids is 1. The SMILES string of the molecule is Cc1cc(F)ccc1CC(=O)c1cccc2cccnc12. The monoisotopic (exact) mass is 279 g/mol. The highest BCUT2D eigenvalue weighted by molar-refractivity contribution is 6.07. The summed E-state index contributed by atoms with van der Waals surface area (Å²) in [6.07, 6.45) is 1.93. The fourth-order valence-electron chi connectivity index (χ4n) is 2.46. The average molecular weight is 279 g/mol. The van der Waals surface area contributed by atoms with Crippen LogP contribution in [0, 0.1) is 12.7 Å². The number of halogens is 1. The molecule has 0 aliphatic heterocycles. The van der Waals surface area contributed by atoms with Crippen LogP contribution in [0.5, 0.6) is 0 Å². The molecule has 3 aromatic rings. The smallest absolute Gasteiger partial charge is 0.169 e. The van der Waals surface area contributed by atoms with Crippen molar-refractivity contribution in [2.24, 2.45) is 0 Å². The van der Waals surface area contributed by atoms with E-state index < -0.39 is 0 Å². The highest BCUT2D eigenvalue weighted by Crippen LogP contribution is 2.19. The Morgan fingerprint density at radius 1 is 1.14 bits per heavy atom. The van der Waals surface area contributed by atoms with Crippen molar-refractivity contribution in [2.75, 3.05) is 0 Å². The van der Waals surface area contributed by atoms with Gasteiger partial charge in [0.15, 0.2) is 5.78 Å². The van der Waals surface area contributed by atoms with Crippen LogP contribution in [0.4, 0.5) is 4.39 Å². The van der Waals surface area contributed by atoms with Gasteiger partial charge >= 0.3 is 0 Å². The number of para-hydroxylation sites is 1. The minimum Gasteiger partial charge on any atom is -0.294 e. The maximum absolute atomic E-state index is 13.1. The summed E-state index contributed by atoms with van der Waals surface area (Å²) in [6.45, 7) is 1.81. The summed E-state index contributed by atoms with van der Waals surface area (Å²) in [6, 6.07) is 13.9. The summed E-state index contributed by atoms with van der Waals surface area (Å²) in [7, 11) is 0. The van der Waals surface area contributed by atoms with Gasteiger partial charge < -0.3 is 0 Å². The molecule has 0 spiro atoms. The number of carbonyl (C=O) groups is 1. The van der Waals surface area contributed by atoms with Crippen LogP contribution in [0.2, 0.25) is 0 Å². The van der Waals surface area contributed by atoms with E-state index in [1.807, 2.05) is 31.2 Å². The van der Waals surface area contributed by atoms with Gasteiger partial charge in [-0.05, 0) is 42.3 Å². The number of nitrogens with zero attached hydrogens (tertiary/aromatic N) is 1. The second-order valence-electron chi connectivity index (χ2n) is 5.05. The van der Waals surface area contributed by atoms with E-state index in [1.54, 1.807) is 18.3 Å². The van der Waals surface area contributed by atoms with Gasteiger partial charge in [0.1, 0.15) is 5.82 Å². The molecule has 0 saturated heterocycles. The van der Waals surface area contributed by atoms with Gasteiger partial charge in [-0.3, -0.25) is 9.78 Å². The Hall–Kier alpha value is -2.55. The predicted octanol–water partition coefficient (Wildman–Crippen LogP) is 4.11. The Bertz CT molecular complexity index is 821. The van der Waals surface area contributed by atoms with Gasteiger partial charge in [0.2, 0.25) is 0 Å². The molecule has 0 saturated carbocycles. The molecule has 0 atom stereocenters. The fraction of sp³-hybridized carbons (Fsp3) is 0.111. The predicted molar refractivity (Wildman–Crippen MR) is 80.9 cm³/mol. The minimum absolute atomic E-state index is 0.00555. The van der Waals surface area contributed by atoms with Gasteiger partial charge in [0, 0.05) is 23.6 Å². The van der Waals surface area contributed by atoms with Crippen molar-refractivity contribution in [1.29, 1.82) is 0 Å². The lowest BCUT2D eigenvalue weighted by Gasteiger charge is -2.07. The number of pyridine rings is 1. The third kappa shape index (κ3) is 2.68. The highest BCUT2D eigenvalue weighted by Gasteiger charge is 2.13. The van der Waals surface area contributed by atoms with Crippen LogP contribution >= 0.6 is 0 Å². The number of hydrogen-bond donors (Lipinski definition) is 0. The van der Waals surface area contributed by atoms with Crippen molar-refractivity contribution in [1.82, 2.24) is 4.98 Å². The van der Waals surface area contributed by atoms with E-state index in [1.165, 1.54) is 12.1 Å². The van der Waals surface area contributed by atoms with Crippen molar-refractivity contribution >= 4 is 16.7 Å². The minimum atomic E-state index is -0.282. The molecule has 1 aromatic heterocycles. The summed E-state index contributed by atoms with van der Waals surface area (Å²) in [5.41, 5.74) is 2.95. The standard InChI is InChI=1S/C18H14FNO/c1-12-10-15(19)8-7-14(12)11-17(21)16-6-2-4-13-5-3-9-20-18(13)16/h2-10H,11H2,1H3. The molecule has 2 aromatic carbocycles. The number of hydrogen-bond acceptors (Lipinski definition) is 2. The average Bonchev–Trinajstić information content (AvgIpc) is 2.49. The Labute approximate surface area is 122 Å². The van der Waals surface area contributed by atoms with E-state index in [9.17, 15) is 9.18 Å². The maximum Gasteiger partial charge on any atom is 0.169 e. The lowest BCUT2D eigenvalue weighted by atomic mass is 9.98. The molecular formula is C18H14FNO. The third-order valence-electron chi connectivity index (χ3n) is 3.59. The lowest BCUT2D eigenvalue weighted by molar-refractivity contribution is 0.0994. The van der Waals surface area contributed by atoms with Gasteiger partial charge in [-0.15, -0.1) is 0 Å². The van der Waals surface area contributed by atoms with E-state index in [-0.39, 0.29) is 18.0 Å². The largest absolute Gasteiger partial charge is 0.294 e. The summed E-state index contributed by atoms with van der Waals surface area (Å²) in [5.74, 6) is -0.287. The maximum atomic E-state index is 13.1. The summed E-state index contributed by atoms with van der Waals surface area (Å²) >= 11 is 0. The Balaban J connectivity index is 1.97. The third-order valence-corrected chi connectivity index (χ3v) is 3.59. The van der Waals surface area contributed by atoms with Crippen LogP contribution in [0.15, 0.2) is 54.7 Å². The second kappa shape index (κ2) is 5.44. The molecular weight excluding hydrogens is 265 g/mol. The normalized spacial score (nSPS) is 10.8. The Morgan fingerprint density at radius 3 is 2.76 bits per heavy atom. The summed E-state index contributed by atoms with van der Waals surface area (Å²) in [5, 5.41) is 0.944. The van der Waals surface area contributed by atoms with Crippen LogP contribution in [0.3, 0.4) is 0 Å². The number of Topliss-reactive ketones (excluding diaryl/α,β-unsaturated/α-hetero) is 1. The van der Waals surface area contributed by atoms with Crippen LogP contribution in [0.25, 0.3) is 10.9 Å². The molecule has 21 heavy (non-hydrogen) atoms. The molecule has 3 heteroatoms. The fourth-order valence-corrected chi connectivity index (χ4v) is 2.46. The first-order valence-electron chi connectivity index (χ1n) is 6.77. The van der Waals surface area contributed by atoms with Crippen LogP contribution in [-0.4, -0.2) is 10.8 Å². The molecule has 0 fully saturated rings. The van der Waals surface area contributed by atoms with Crippen molar-refractivity contribution in [3.8, 4) is 0 Å². The first-order chi connectivity index (χ1) is 10.1.